The van der Waals surface area contributed by atoms with Crippen LogP contribution in [-0.2, 0) is 15.8 Å². The molecule has 1 aliphatic carbocycles. The number of aryl methyl sites for hydroxylation is 1. The summed E-state index contributed by atoms with van der Waals surface area (Å²) in [4.78, 5) is 30.0. The Bertz CT molecular complexity index is 748. The van der Waals surface area contributed by atoms with E-state index in [1.54, 1.807) is 12.1 Å². The highest BCUT2D eigenvalue weighted by Gasteiger charge is 2.37. The number of carbonyl (C=O) groups is 1. The summed E-state index contributed by atoms with van der Waals surface area (Å²) < 4.78 is 11.1. The van der Waals surface area contributed by atoms with E-state index in [4.69, 9.17) is 9.79 Å². The van der Waals surface area contributed by atoms with Crippen LogP contribution in [0.1, 0.15) is 18.4 Å². The van der Waals surface area contributed by atoms with Gasteiger partial charge in [-0.2, -0.15) is 0 Å². The highest BCUT2D eigenvalue weighted by Crippen LogP contribution is 2.36. The number of rotatable bonds is 6. The fourth-order valence-electron chi connectivity index (χ4n) is 2.49. The first-order valence-electron chi connectivity index (χ1n) is 7.09. The average molecular weight is 355 g/mol. The van der Waals surface area contributed by atoms with Crippen molar-refractivity contribution in [2.24, 2.45) is 0 Å². The number of benzene rings is 1. The minimum atomic E-state index is -4.70. The molecule has 24 heavy (non-hydrogen) atoms. The molecule has 0 saturated carbocycles. The van der Waals surface area contributed by atoms with E-state index in [2.05, 4.69) is 0 Å². The Balaban J connectivity index is 2.26. The zero-order chi connectivity index (χ0) is 18.0. The molecule has 1 aromatic rings. The number of phenols is 1. The lowest BCUT2D eigenvalue weighted by molar-refractivity contribution is -0.143. The van der Waals surface area contributed by atoms with Gasteiger partial charge in [0.2, 0.25) is 0 Å². The van der Waals surface area contributed by atoms with Gasteiger partial charge in [-0.1, -0.05) is 18.2 Å². The Morgan fingerprint density at radius 3 is 2.58 bits per heavy atom. The van der Waals surface area contributed by atoms with Gasteiger partial charge in [0.1, 0.15) is 5.75 Å². The number of aromatic hydroxyl groups is 1. The van der Waals surface area contributed by atoms with Gasteiger partial charge in [-0.3, -0.25) is 9.88 Å². The molecular formula is C15H18NO7P. The lowest BCUT2D eigenvalue weighted by Gasteiger charge is -2.28. The lowest BCUT2D eigenvalue weighted by atomic mass is 9.90. The van der Waals surface area contributed by atoms with Crippen LogP contribution in [-0.4, -0.2) is 36.7 Å². The minimum Gasteiger partial charge on any atom is -0.508 e. The molecule has 8 nitrogen and oxygen atoms in total. The van der Waals surface area contributed by atoms with E-state index in [0.717, 1.165) is 6.08 Å². The van der Waals surface area contributed by atoms with Crippen molar-refractivity contribution in [2.45, 2.75) is 25.0 Å². The predicted octanol–water partition coefficient (Wildman–Crippen LogP) is 0.471. The number of carbonyl (C=O) groups excluding carboxylic acids is 1. The third-order valence-electron chi connectivity index (χ3n) is 3.49. The van der Waals surface area contributed by atoms with Crippen molar-refractivity contribution in [1.82, 2.24) is 5.09 Å². The molecule has 130 valence electrons. The maximum Gasteiger partial charge on any atom is 0.427 e. The summed E-state index contributed by atoms with van der Waals surface area (Å²) in [6.07, 6.45) is 2.29. The molecule has 0 amide bonds. The first-order valence-corrected chi connectivity index (χ1v) is 8.71. The Kier molecular flexibility index (Phi) is 5.27. The summed E-state index contributed by atoms with van der Waals surface area (Å²) in [5.74, 6) is -3.29. The molecule has 0 bridgehead atoms. The van der Waals surface area contributed by atoms with Crippen LogP contribution in [0.25, 0.3) is 0 Å². The highest BCUT2D eigenvalue weighted by molar-refractivity contribution is 7.49. The molecule has 6 N–H and O–H groups in total. The van der Waals surface area contributed by atoms with Crippen molar-refractivity contribution in [3.63, 3.8) is 0 Å². The van der Waals surface area contributed by atoms with Crippen LogP contribution in [0.5, 0.6) is 5.75 Å². The van der Waals surface area contributed by atoms with E-state index in [9.17, 15) is 24.7 Å². The maximum absolute atomic E-state index is 12.0. The molecule has 0 fully saturated rings. The Hall–Kier alpha value is -1.96. The SMILES string of the molecule is O=C1C=CCC(NP(=O)(O)O)=C1C(O)(O)CCc1cccc(O)c1. The molecule has 0 saturated heterocycles. The van der Waals surface area contributed by atoms with Gasteiger partial charge in [-0.15, -0.1) is 0 Å². The molecule has 0 unspecified atom stereocenters. The molecule has 1 aromatic carbocycles. The minimum absolute atomic E-state index is 0.0220. The first-order chi connectivity index (χ1) is 11.1. The largest absolute Gasteiger partial charge is 0.508 e. The highest BCUT2D eigenvalue weighted by atomic mass is 31.2. The molecule has 0 heterocycles. The van der Waals surface area contributed by atoms with Crippen molar-refractivity contribution in [3.05, 3.63) is 53.3 Å². The van der Waals surface area contributed by atoms with E-state index >= 15 is 0 Å². The number of nitrogens with one attached hydrogen (secondary N) is 1. The van der Waals surface area contributed by atoms with E-state index in [0.29, 0.717) is 5.56 Å². The normalized spacial score (nSPS) is 15.8. The van der Waals surface area contributed by atoms with Gasteiger partial charge < -0.3 is 25.1 Å². The van der Waals surface area contributed by atoms with Gasteiger partial charge >= 0.3 is 7.75 Å². The predicted molar refractivity (Wildman–Crippen MR) is 84.6 cm³/mol. The first kappa shape index (κ1) is 18.4. The second-order valence-corrected chi connectivity index (χ2v) is 6.78. The van der Waals surface area contributed by atoms with Gasteiger partial charge in [0.15, 0.2) is 11.6 Å². The maximum atomic E-state index is 12.0. The molecule has 2 rings (SSSR count). The number of aliphatic hydroxyl groups is 2. The molecular weight excluding hydrogens is 337 g/mol. The molecule has 0 atom stereocenters. The Labute approximate surface area is 138 Å². The average Bonchev–Trinajstić information content (AvgIpc) is 2.43. The Morgan fingerprint density at radius 1 is 1.25 bits per heavy atom. The van der Waals surface area contributed by atoms with E-state index in [1.165, 1.54) is 18.2 Å². The van der Waals surface area contributed by atoms with E-state index in [1.807, 2.05) is 5.09 Å². The number of hydrogen-bond acceptors (Lipinski definition) is 5. The number of allylic oxidation sites excluding steroid dienone is 2. The van der Waals surface area contributed by atoms with Crippen LogP contribution < -0.4 is 5.09 Å². The van der Waals surface area contributed by atoms with Crippen molar-refractivity contribution >= 4 is 13.5 Å². The summed E-state index contributed by atoms with van der Waals surface area (Å²) in [5, 5.41) is 31.9. The molecule has 9 heteroatoms. The van der Waals surface area contributed by atoms with Crippen LogP contribution in [0.15, 0.2) is 47.7 Å². The van der Waals surface area contributed by atoms with E-state index in [-0.39, 0.29) is 30.7 Å². The molecule has 0 radical (unpaired) electrons. The fourth-order valence-corrected chi connectivity index (χ4v) is 3.04. The molecule has 0 aliphatic heterocycles. The molecule has 0 aromatic heterocycles. The topological polar surface area (TPSA) is 147 Å². The van der Waals surface area contributed by atoms with Gasteiger partial charge in [0.05, 0.1) is 5.57 Å². The lowest BCUT2D eigenvalue weighted by Crippen LogP contribution is -2.38. The van der Waals surface area contributed by atoms with Gasteiger partial charge in [-0.25, -0.2) is 4.57 Å². The van der Waals surface area contributed by atoms with Crippen LogP contribution in [0.4, 0.5) is 0 Å². The summed E-state index contributed by atoms with van der Waals surface area (Å²) >= 11 is 0. The van der Waals surface area contributed by atoms with Gasteiger partial charge in [-0.05, 0) is 30.2 Å². The summed E-state index contributed by atoms with van der Waals surface area (Å²) in [7, 11) is -4.70. The van der Waals surface area contributed by atoms with Gasteiger partial charge in [0.25, 0.3) is 0 Å². The third-order valence-corrected chi connectivity index (χ3v) is 4.05. The molecule has 0 spiro atoms. The quantitative estimate of drug-likeness (QED) is 0.319. The van der Waals surface area contributed by atoms with Gasteiger partial charge in [0, 0.05) is 18.5 Å². The van der Waals surface area contributed by atoms with Crippen LogP contribution >= 0.6 is 7.75 Å². The smallest absolute Gasteiger partial charge is 0.427 e. The summed E-state index contributed by atoms with van der Waals surface area (Å²) in [5.41, 5.74) is -0.100. The summed E-state index contributed by atoms with van der Waals surface area (Å²) in [6.45, 7) is 0. The standard InChI is InChI=1S/C15H18NO7P/c17-11-4-1-3-10(9-11)7-8-15(19,20)14-12(16-24(21,22)23)5-2-6-13(14)18/h1-4,6,9,17,19-20H,5,7-8H2,(H3,16,21,22,23). The van der Waals surface area contributed by atoms with Crippen molar-refractivity contribution in [2.75, 3.05) is 0 Å². The van der Waals surface area contributed by atoms with Crippen LogP contribution in [0.2, 0.25) is 0 Å². The zero-order valence-corrected chi connectivity index (χ0v) is 13.5. The molecule has 1 aliphatic rings. The van der Waals surface area contributed by atoms with Crippen LogP contribution in [0.3, 0.4) is 0 Å². The second-order valence-electron chi connectivity index (χ2n) is 5.47. The second kappa shape index (κ2) is 6.88. The van der Waals surface area contributed by atoms with Crippen molar-refractivity contribution < 1.29 is 34.5 Å². The van der Waals surface area contributed by atoms with Crippen molar-refractivity contribution in [3.8, 4) is 5.75 Å². The number of hydrogen-bond donors (Lipinski definition) is 6. The number of phenolic OH excluding ortho intramolecular Hbond substituents is 1. The Morgan fingerprint density at radius 2 is 1.96 bits per heavy atom. The van der Waals surface area contributed by atoms with Crippen LogP contribution in [0, 0.1) is 0 Å². The summed E-state index contributed by atoms with van der Waals surface area (Å²) in [6, 6.07) is 6.17. The fraction of sp³-hybridized carbons (Fsp3) is 0.267. The zero-order valence-electron chi connectivity index (χ0n) is 12.6. The van der Waals surface area contributed by atoms with E-state index < -0.39 is 24.9 Å². The number of ketones is 1. The monoisotopic (exact) mass is 355 g/mol. The van der Waals surface area contributed by atoms with Crippen molar-refractivity contribution in [1.29, 1.82) is 0 Å². The third kappa shape index (κ3) is 4.77.